The Morgan fingerprint density at radius 2 is 1.53 bits per heavy atom. The molecule has 0 aromatic heterocycles. The highest BCUT2D eigenvalue weighted by Crippen LogP contribution is 2.22. The number of rotatable bonds is 4. The van der Waals surface area contributed by atoms with Gasteiger partial charge < -0.3 is 11.1 Å². The van der Waals surface area contributed by atoms with Gasteiger partial charge in [-0.15, -0.1) is 0 Å². The van der Waals surface area contributed by atoms with Crippen molar-refractivity contribution in [2.24, 2.45) is 5.73 Å². The molecule has 0 aliphatic rings. The Labute approximate surface area is 106 Å². The highest BCUT2D eigenvalue weighted by atomic mass is 14.9. The second kappa shape index (κ2) is 5.19. The van der Waals surface area contributed by atoms with Gasteiger partial charge in [0.05, 0.1) is 0 Å². The van der Waals surface area contributed by atoms with E-state index in [9.17, 15) is 0 Å². The molecule has 0 saturated carbocycles. The quantitative estimate of drug-likeness (QED) is 0.840. The molecule has 0 unspecified atom stereocenters. The first-order chi connectivity index (χ1) is 7.68. The molecule has 2 heteroatoms. The van der Waals surface area contributed by atoms with Crippen molar-refractivity contribution in [3.63, 3.8) is 0 Å². The molecule has 17 heavy (non-hydrogen) atoms. The van der Waals surface area contributed by atoms with Crippen LogP contribution in [0.25, 0.3) is 0 Å². The van der Waals surface area contributed by atoms with Gasteiger partial charge in [-0.25, -0.2) is 0 Å². The van der Waals surface area contributed by atoms with E-state index in [0.29, 0.717) is 0 Å². The Bertz CT molecular complexity index is 339. The summed E-state index contributed by atoms with van der Waals surface area (Å²) >= 11 is 0. The molecule has 0 atom stereocenters. The molecule has 2 nitrogen and oxygen atoms in total. The maximum atomic E-state index is 5.92. The van der Waals surface area contributed by atoms with Crippen molar-refractivity contribution < 1.29 is 0 Å². The van der Waals surface area contributed by atoms with Crippen molar-refractivity contribution in [1.29, 1.82) is 0 Å². The van der Waals surface area contributed by atoms with Crippen molar-refractivity contribution in [1.82, 2.24) is 5.32 Å². The summed E-state index contributed by atoms with van der Waals surface area (Å²) in [5.41, 5.74) is 8.68. The molecule has 96 valence electrons. The lowest BCUT2D eigenvalue weighted by Gasteiger charge is -2.20. The maximum absolute atomic E-state index is 5.92. The molecule has 1 aromatic rings. The summed E-state index contributed by atoms with van der Waals surface area (Å²) in [5, 5.41) is 3.37. The standard InChI is InChI=1S/C15H26N2/c1-14(2,3)13-8-6-12(7-9-13)10-17-11-15(4,5)16/h6-9,17H,10-11,16H2,1-5H3. The Hall–Kier alpha value is -0.860. The Kier molecular flexibility index (Phi) is 4.34. The van der Waals surface area contributed by atoms with Crippen molar-refractivity contribution in [3.8, 4) is 0 Å². The number of nitrogens with two attached hydrogens (primary N) is 1. The molecule has 0 saturated heterocycles. The van der Waals surface area contributed by atoms with Crippen LogP contribution in [0.4, 0.5) is 0 Å². The van der Waals surface area contributed by atoms with Crippen LogP contribution in [0.2, 0.25) is 0 Å². The maximum Gasteiger partial charge on any atom is 0.0223 e. The number of nitrogens with one attached hydrogen (secondary N) is 1. The van der Waals surface area contributed by atoms with E-state index < -0.39 is 0 Å². The third-order valence-electron chi connectivity index (χ3n) is 2.73. The summed E-state index contributed by atoms with van der Waals surface area (Å²) in [7, 11) is 0. The minimum Gasteiger partial charge on any atom is -0.324 e. The zero-order valence-corrected chi connectivity index (χ0v) is 11.8. The van der Waals surface area contributed by atoms with Crippen LogP contribution in [0.15, 0.2) is 24.3 Å². The van der Waals surface area contributed by atoms with Crippen LogP contribution < -0.4 is 11.1 Å². The van der Waals surface area contributed by atoms with E-state index >= 15 is 0 Å². The van der Waals surface area contributed by atoms with E-state index in [2.05, 4.69) is 50.4 Å². The second-order valence-corrected chi connectivity index (χ2v) is 6.54. The van der Waals surface area contributed by atoms with Gasteiger partial charge in [-0.1, -0.05) is 45.0 Å². The third-order valence-corrected chi connectivity index (χ3v) is 2.73. The van der Waals surface area contributed by atoms with Gasteiger partial charge in [-0.3, -0.25) is 0 Å². The lowest BCUT2D eigenvalue weighted by atomic mass is 9.87. The fourth-order valence-electron chi connectivity index (χ4n) is 1.65. The smallest absolute Gasteiger partial charge is 0.0223 e. The molecule has 0 radical (unpaired) electrons. The number of benzene rings is 1. The summed E-state index contributed by atoms with van der Waals surface area (Å²) in [6.45, 7) is 12.5. The Balaban J connectivity index is 2.52. The number of hydrogen-bond acceptors (Lipinski definition) is 2. The van der Waals surface area contributed by atoms with Crippen LogP contribution in [-0.4, -0.2) is 12.1 Å². The van der Waals surface area contributed by atoms with Crippen molar-refractivity contribution in [2.45, 2.75) is 52.1 Å². The molecule has 0 fully saturated rings. The van der Waals surface area contributed by atoms with Crippen molar-refractivity contribution in [3.05, 3.63) is 35.4 Å². The van der Waals surface area contributed by atoms with Gasteiger partial charge >= 0.3 is 0 Å². The van der Waals surface area contributed by atoms with Crippen LogP contribution in [0.3, 0.4) is 0 Å². The highest BCUT2D eigenvalue weighted by Gasteiger charge is 2.13. The van der Waals surface area contributed by atoms with Crippen LogP contribution in [0.5, 0.6) is 0 Å². The van der Waals surface area contributed by atoms with Gasteiger partial charge in [0.1, 0.15) is 0 Å². The predicted octanol–water partition coefficient (Wildman–Crippen LogP) is 2.81. The van der Waals surface area contributed by atoms with Gasteiger partial charge in [0.2, 0.25) is 0 Å². The van der Waals surface area contributed by atoms with E-state index in [1.807, 2.05) is 13.8 Å². The third kappa shape index (κ3) is 5.33. The van der Waals surface area contributed by atoms with Gasteiger partial charge in [0, 0.05) is 18.6 Å². The van der Waals surface area contributed by atoms with Gasteiger partial charge in [0.25, 0.3) is 0 Å². The highest BCUT2D eigenvalue weighted by molar-refractivity contribution is 5.27. The van der Waals surface area contributed by atoms with E-state index in [4.69, 9.17) is 5.73 Å². The lowest BCUT2D eigenvalue weighted by Crippen LogP contribution is -2.42. The topological polar surface area (TPSA) is 38.0 Å². The summed E-state index contributed by atoms with van der Waals surface area (Å²) in [6.07, 6.45) is 0. The first-order valence-corrected chi connectivity index (χ1v) is 6.27. The SMILES string of the molecule is CC(C)(N)CNCc1ccc(C(C)(C)C)cc1. The summed E-state index contributed by atoms with van der Waals surface area (Å²) in [6, 6.07) is 8.81. The summed E-state index contributed by atoms with van der Waals surface area (Å²) in [5.74, 6) is 0. The lowest BCUT2D eigenvalue weighted by molar-refractivity contribution is 0.466. The normalized spacial score (nSPS) is 12.8. The Morgan fingerprint density at radius 3 is 1.94 bits per heavy atom. The molecule has 0 amide bonds. The number of hydrogen-bond donors (Lipinski definition) is 2. The van der Waals surface area contributed by atoms with Gasteiger partial charge in [0.15, 0.2) is 0 Å². The average Bonchev–Trinajstić information content (AvgIpc) is 2.15. The largest absolute Gasteiger partial charge is 0.324 e. The van der Waals surface area contributed by atoms with E-state index in [-0.39, 0.29) is 11.0 Å². The van der Waals surface area contributed by atoms with Crippen molar-refractivity contribution >= 4 is 0 Å². The van der Waals surface area contributed by atoms with E-state index in [1.54, 1.807) is 0 Å². The van der Waals surface area contributed by atoms with Gasteiger partial charge in [-0.2, -0.15) is 0 Å². The summed E-state index contributed by atoms with van der Waals surface area (Å²) < 4.78 is 0. The zero-order chi connectivity index (χ0) is 13.1. The molecule has 3 N–H and O–H groups in total. The first-order valence-electron chi connectivity index (χ1n) is 6.27. The molecular formula is C15H26N2. The molecule has 1 aromatic carbocycles. The van der Waals surface area contributed by atoms with E-state index in [0.717, 1.165) is 13.1 Å². The monoisotopic (exact) mass is 234 g/mol. The fourth-order valence-corrected chi connectivity index (χ4v) is 1.65. The van der Waals surface area contributed by atoms with Crippen LogP contribution in [0, 0.1) is 0 Å². The first kappa shape index (κ1) is 14.2. The predicted molar refractivity (Wildman–Crippen MR) is 75.1 cm³/mol. The molecule has 0 bridgehead atoms. The van der Waals surface area contributed by atoms with Crippen molar-refractivity contribution in [2.75, 3.05) is 6.54 Å². The molecule has 1 rings (SSSR count). The Morgan fingerprint density at radius 1 is 1.00 bits per heavy atom. The van der Waals surface area contributed by atoms with Crippen LogP contribution >= 0.6 is 0 Å². The minimum atomic E-state index is -0.147. The van der Waals surface area contributed by atoms with Gasteiger partial charge in [-0.05, 0) is 30.4 Å². The average molecular weight is 234 g/mol. The molecule has 0 heterocycles. The molecule has 0 aliphatic heterocycles. The zero-order valence-electron chi connectivity index (χ0n) is 11.8. The molecular weight excluding hydrogens is 208 g/mol. The van der Waals surface area contributed by atoms with Crippen LogP contribution in [-0.2, 0) is 12.0 Å². The fraction of sp³-hybridized carbons (Fsp3) is 0.600. The minimum absolute atomic E-state index is 0.147. The molecule has 0 aliphatic carbocycles. The van der Waals surface area contributed by atoms with E-state index in [1.165, 1.54) is 11.1 Å². The second-order valence-electron chi connectivity index (χ2n) is 6.54. The molecule has 0 spiro atoms. The van der Waals surface area contributed by atoms with Crippen LogP contribution in [0.1, 0.15) is 45.7 Å². The summed E-state index contributed by atoms with van der Waals surface area (Å²) in [4.78, 5) is 0.